The van der Waals surface area contributed by atoms with E-state index in [-0.39, 0.29) is 11.5 Å². The second kappa shape index (κ2) is 9.79. The lowest BCUT2D eigenvalue weighted by atomic mass is 9.82. The van der Waals surface area contributed by atoms with Crippen molar-refractivity contribution in [1.29, 1.82) is 0 Å². The summed E-state index contributed by atoms with van der Waals surface area (Å²) in [5, 5.41) is 17.6. The normalized spacial score (nSPS) is 19.2. The molecule has 2 aromatic rings. The predicted molar refractivity (Wildman–Crippen MR) is 113 cm³/mol. The first-order valence-electron chi connectivity index (χ1n) is 9.49. The number of rotatable bonds is 8. The number of aromatic nitrogens is 2. The summed E-state index contributed by atoms with van der Waals surface area (Å²) < 4.78 is 0.982. The van der Waals surface area contributed by atoms with Crippen LogP contribution in [0.1, 0.15) is 31.2 Å². The molecule has 3 rings (SSSR count). The standard InChI is InChI=1S/C19H25BrN6O2/c20-16-4-2-1-3-15(16)11-23-19-24-12-17(26(27)28)18(25-19)22-10-14-7-5-13(9-21)6-8-14/h1-4,12-14H,5-11,21H2,(H2,22,23,24,25)/t13-,14-. The summed E-state index contributed by atoms with van der Waals surface area (Å²) in [6.45, 7) is 1.92. The molecule has 150 valence electrons. The Morgan fingerprint density at radius 3 is 2.57 bits per heavy atom. The zero-order chi connectivity index (χ0) is 19.9. The highest BCUT2D eigenvalue weighted by molar-refractivity contribution is 9.10. The monoisotopic (exact) mass is 448 g/mol. The van der Waals surface area contributed by atoms with Crippen molar-refractivity contribution in [3.63, 3.8) is 0 Å². The molecule has 1 aromatic carbocycles. The van der Waals surface area contributed by atoms with Crippen LogP contribution in [0.4, 0.5) is 17.5 Å². The van der Waals surface area contributed by atoms with Crippen molar-refractivity contribution in [2.24, 2.45) is 17.6 Å². The molecule has 0 saturated heterocycles. The van der Waals surface area contributed by atoms with E-state index in [0.29, 0.717) is 30.9 Å². The fourth-order valence-corrected chi connectivity index (χ4v) is 3.88. The molecule has 28 heavy (non-hydrogen) atoms. The molecular weight excluding hydrogens is 424 g/mol. The smallest absolute Gasteiger partial charge is 0.329 e. The summed E-state index contributed by atoms with van der Waals surface area (Å²) in [6.07, 6.45) is 5.66. The molecule has 0 unspecified atom stereocenters. The molecule has 0 bridgehead atoms. The molecule has 0 spiro atoms. The lowest BCUT2D eigenvalue weighted by Gasteiger charge is -2.27. The Balaban J connectivity index is 1.64. The summed E-state index contributed by atoms with van der Waals surface area (Å²) in [4.78, 5) is 19.3. The number of nitrogens with two attached hydrogens (primary N) is 1. The predicted octanol–water partition coefficient (Wildman–Crippen LogP) is 3.94. The van der Waals surface area contributed by atoms with Gasteiger partial charge in [-0.25, -0.2) is 4.98 Å². The number of nitrogens with one attached hydrogen (secondary N) is 2. The Kier molecular flexibility index (Phi) is 7.16. The number of benzene rings is 1. The molecule has 8 nitrogen and oxygen atoms in total. The van der Waals surface area contributed by atoms with E-state index in [2.05, 4.69) is 36.5 Å². The Hall–Kier alpha value is -2.26. The van der Waals surface area contributed by atoms with E-state index >= 15 is 0 Å². The lowest BCUT2D eigenvalue weighted by molar-refractivity contribution is -0.384. The highest BCUT2D eigenvalue weighted by atomic mass is 79.9. The minimum atomic E-state index is -0.453. The molecular formula is C19H25BrN6O2. The Morgan fingerprint density at radius 1 is 1.18 bits per heavy atom. The van der Waals surface area contributed by atoms with Gasteiger partial charge in [-0.15, -0.1) is 0 Å². The Bertz CT molecular complexity index is 811. The minimum absolute atomic E-state index is 0.109. The second-order valence-electron chi connectivity index (χ2n) is 7.13. The number of anilines is 2. The van der Waals surface area contributed by atoms with Crippen LogP contribution in [0.25, 0.3) is 0 Å². The largest absolute Gasteiger partial charge is 0.364 e. The van der Waals surface area contributed by atoms with Crippen LogP contribution in [0.2, 0.25) is 0 Å². The number of hydrogen-bond acceptors (Lipinski definition) is 7. The van der Waals surface area contributed by atoms with Gasteiger partial charge in [0.25, 0.3) is 0 Å². The molecule has 0 atom stereocenters. The van der Waals surface area contributed by atoms with Crippen molar-refractivity contribution in [3.05, 3.63) is 50.6 Å². The average molecular weight is 449 g/mol. The van der Waals surface area contributed by atoms with Gasteiger partial charge in [-0.2, -0.15) is 4.98 Å². The van der Waals surface area contributed by atoms with Crippen molar-refractivity contribution in [1.82, 2.24) is 9.97 Å². The molecule has 1 fully saturated rings. The topological polar surface area (TPSA) is 119 Å². The van der Waals surface area contributed by atoms with Crippen molar-refractivity contribution < 1.29 is 4.92 Å². The maximum atomic E-state index is 11.3. The SMILES string of the molecule is NC[C@H]1CC[C@H](CNc2nc(NCc3ccccc3Br)ncc2[N+](=O)[O-])CC1. The van der Waals surface area contributed by atoms with Crippen LogP contribution in [0.3, 0.4) is 0 Å². The quantitative estimate of drug-likeness (QED) is 0.413. The van der Waals surface area contributed by atoms with Gasteiger partial charge >= 0.3 is 5.69 Å². The molecule has 1 heterocycles. The van der Waals surface area contributed by atoms with Crippen molar-refractivity contribution >= 4 is 33.4 Å². The third-order valence-corrected chi connectivity index (χ3v) is 5.99. The number of halogens is 1. The Labute approximate surface area is 172 Å². The third-order valence-electron chi connectivity index (χ3n) is 5.22. The second-order valence-corrected chi connectivity index (χ2v) is 7.99. The first-order chi connectivity index (χ1) is 13.6. The van der Waals surface area contributed by atoms with Gasteiger partial charge in [0.05, 0.1) is 4.92 Å². The molecule has 0 amide bonds. The molecule has 1 aliphatic rings. The van der Waals surface area contributed by atoms with Gasteiger partial charge < -0.3 is 16.4 Å². The summed E-state index contributed by atoms with van der Waals surface area (Å²) >= 11 is 3.50. The highest BCUT2D eigenvalue weighted by Gasteiger charge is 2.22. The first kappa shape index (κ1) is 20.5. The number of nitro groups is 1. The molecule has 1 aliphatic carbocycles. The van der Waals surface area contributed by atoms with Crippen molar-refractivity contribution in [2.75, 3.05) is 23.7 Å². The summed E-state index contributed by atoms with van der Waals surface area (Å²) in [5.74, 6) is 1.71. The van der Waals surface area contributed by atoms with Crippen LogP contribution in [0.5, 0.6) is 0 Å². The maximum Gasteiger partial charge on any atom is 0.329 e. The average Bonchev–Trinajstić information content (AvgIpc) is 2.72. The minimum Gasteiger partial charge on any atom is -0.364 e. The van der Waals surface area contributed by atoms with E-state index in [9.17, 15) is 10.1 Å². The van der Waals surface area contributed by atoms with Crippen molar-refractivity contribution in [3.8, 4) is 0 Å². The number of nitrogens with zero attached hydrogens (tertiary/aromatic N) is 3. The maximum absolute atomic E-state index is 11.3. The van der Waals surface area contributed by atoms with Crippen LogP contribution in [-0.2, 0) is 6.54 Å². The third kappa shape index (κ3) is 5.39. The van der Waals surface area contributed by atoms with Crippen LogP contribution in [0.15, 0.2) is 34.9 Å². The lowest BCUT2D eigenvalue weighted by Crippen LogP contribution is -2.25. The molecule has 0 aliphatic heterocycles. The first-order valence-corrected chi connectivity index (χ1v) is 10.3. The van der Waals surface area contributed by atoms with E-state index in [1.54, 1.807) is 0 Å². The van der Waals surface area contributed by atoms with E-state index in [0.717, 1.165) is 42.3 Å². The van der Waals surface area contributed by atoms with Crippen molar-refractivity contribution in [2.45, 2.75) is 32.2 Å². The van der Waals surface area contributed by atoms with Gasteiger partial charge in [-0.1, -0.05) is 34.1 Å². The fourth-order valence-electron chi connectivity index (χ4n) is 3.45. The van der Waals surface area contributed by atoms with Gasteiger partial charge in [-0.05, 0) is 55.7 Å². The van der Waals surface area contributed by atoms with Gasteiger partial charge in [0.15, 0.2) is 0 Å². The van der Waals surface area contributed by atoms with Gasteiger partial charge in [0, 0.05) is 17.6 Å². The zero-order valence-corrected chi connectivity index (χ0v) is 17.2. The fraction of sp³-hybridized carbons (Fsp3) is 0.474. The van der Waals surface area contributed by atoms with E-state index < -0.39 is 4.92 Å². The van der Waals surface area contributed by atoms with Gasteiger partial charge in [0.1, 0.15) is 6.20 Å². The molecule has 1 aromatic heterocycles. The molecule has 0 radical (unpaired) electrons. The summed E-state index contributed by atoms with van der Waals surface area (Å²) in [5.41, 5.74) is 6.69. The van der Waals surface area contributed by atoms with Crippen LogP contribution >= 0.6 is 15.9 Å². The van der Waals surface area contributed by atoms with E-state index in [4.69, 9.17) is 5.73 Å². The van der Waals surface area contributed by atoms with E-state index in [1.165, 1.54) is 6.20 Å². The molecule has 1 saturated carbocycles. The van der Waals surface area contributed by atoms with Crippen LogP contribution in [-0.4, -0.2) is 28.0 Å². The van der Waals surface area contributed by atoms with E-state index in [1.807, 2.05) is 24.3 Å². The van der Waals surface area contributed by atoms with Crippen LogP contribution in [0, 0.1) is 22.0 Å². The molecule has 4 N–H and O–H groups in total. The number of hydrogen-bond donors (Lipinski definition) is 3. The van der Waals surface area contributed by atoms with Gasteiger partial charge in [-0.3, -0.25) is 10.1 Å². The summed E-state index contributed by atoms with van der Waals surface area (Å²) in [7, 11) is 0. The van der Waals surface area contributed by atoms with Crippen LogP contribution < -0.4 is 16.4 Å². The van der Waals surface area contributed by atoms with Gasteiger partial charge in [0.2, 0.25) is 11.8 Å². The zero-order valence-electron chi connectivity index (χ0n) is 15.6. The highest BCUT2D eigenvalue weighted by Crippen LogP contribution is 2.29. The molecule has 9 heteroatoms. The summed E-state index contributed by atoms with van der Waals surface area (Å²) in [6, 6.07) is 7.84. The Morgan fingerprint density at radius 2 is 1.89 bits per heavy atom.